The van der Waals surface area contributed by atoms with Crippen molar-refractivity contribution in [3.63, 3.8) is 0 Å². The molecule has 6 fully saturated rings. The summed E-state index contributed by atoms with van der Waals surface area (Å²) in [5.41, 5.74) is 1.93. The molecular weight excluding hydrogens is 727 g/mol. The van der Waals surface area contributed by atoms with Crippen LogP contribution in [0.3, 0.4) is 0 Å². The second-order valence-electron chi connectivity index (χ2n) is 22.8. The minimum absolute atomic E-state index is 0. The van der Waals surface area contributed by atoms with Gasteiger partial charge in [0.25, 0.3) is 0 Å². The Kier molecular flexibility index (Phi) is 17.3. The van der Waals surface area contributed by atoms with E-state index in [2.05, 4.69) is 83.1 Å². The van der Waals surface area contributed by atoms with Gasteiger partial charge in [-0.3, -0.25) is 0 Å². The zero-order valence-corrected chi connectivity index (χ0v) is 39.2. The predicted molar refractivity (Wildman–Crippen MR) is 223 cm³/mol. The van der Waals surface area contributed by atoms with Crippen LogP contribution in [-0.2, 0) is 20.8 Å². The molecule has 294 valence electrons. The maximum atomic E-state index is 4.93. The molecule has 3 heteroatoms. The number of rotatable bonds is 3. The Bertz CT molecular complexity index is 852. The van der Waals surface area contributed by atoms with Crippen LogP contribution in [0.5, 0.6) is 0 Å². The molecule has 6 saturated carbocycles. The van der Waals surface area contributed by atoms with E-state index in [1.807, 2.05) is 0 Å². The Morgan fingerprint density at radius 3 is 0.720 bits per heavy atom. The average molecular weight is 815 g/mol. The summed E-state index contributed by atoms with van der Waals surface area (Å²) in [6, 6.07) is 0. The molecule has 0 heterocycles. The Hall–Kier alpha value is 1.46. The Morgan fingerprint density at radius 2 is 0.560 bits per heavy atom. The van der Waals surface area contributed by atoms with E-state index in [1.54, 1.807) is 64.2 Å². The van der Waals surface area contributed by atoms with Gasteiger partial charge in [0.05, 0.1) is 0 Å². The summed E-state index contributed by atoms with van der Waals surface area (Å²) in [5.74, 6) is 14.3. The molecule has 0 saturated heterocycles. The van der Waals surface area contributed by atoms with E-state index in [-0.39, 0.29) is 22.3 Å². The van der Waals surface area contributed by atoms with E-state index in [4.69, 9.17) is 17.0 Å². The van der Waals surface area contributed by atoms with Crippen LogP contribution < -0.4 is 0 Å². The van der Waals surface area contributed by atoms with Crippen molar-refractivity contribution in [3.8, 4) is 0 Å². The quantitative estimate of drug-likeness (QED) is 0.249. The third-order valence-corrected chi connectivity index (χ3v) is 16.9. The van der Waals surface area contributed by atoms with Crippen LogP contribution in [-0.4, -0.2) is 0 Å². The molecular formula is C47H88Cl2Zr. The first kappa shape index (κ1) is 47.6. The van der Waals surface area contributed by atoms with Gasteiger partial charge in [0.2, 0.25) is 0 Å². The zero-order chi connectivity index (χ0) is 34.7. The van der Waals surface area contributed by atoms with Crippen LogP contribution in [0.1, 0.15) is 180 Å². The third-order valence-electron chi connectivity index (χ3n) is 16.9. The molecule has 0 spiro atoms. The summed E-state index contributed by atoms with van der Waals surface area (Å²) < 4.78 is 0. The van der Waals surface area contributed by atoms with E-state index in [9.17, 15) is 0 Å². The Balaban J connectivity index is 0.00000140. The third kappa shape index (κ3) is 10.2. The van der Waals surface area contributed by atoms with Gasteiger partial charge in [-0.2, -0.15) is 0 Å². The molecule has 0 bridgehead atoms. The van der Waals surface area contributed by atoms with Gasteiger partial charge in [-0.15, -0.1) is 0 Å². The van der Waals surface area contributed by atoms with Crippen molar-refractivity contribution in [1.29, 1.82) is 0 Å². The summed E-state index contributed by atoms with van der Waals surface area (Å²) in [6.07, 6.45) is 21.7. The van der Waals surface area contributed by atoms with Crippen LogP contribution >= 0.6 is 17.0 Å². The van der Waals surface area contributed by atoms with Crippen LogP contribution in [0.4, 0.5) is 0 Å². The van der Waals surface area contributed by atoms with E-state index in [0.717, 1.165) is 82.9 Å². The number of hydrogen-bond donors (Lipinski definition) is 0. The topological polar surface area (TPSA) is 0 Å². The van der Waals surface area contributed by atoms with Gasteiger partial charge >= 0.3 is 37.9 Å². The van der Waals surface area contributed by atoms with Gasteiger partial charge in [-0.05, 0) is 194 Å². The summed E-state index contributed by atoms with van der Waals surface area (Å²) >= 11 is -0.826. The molecule has 0 aromatic rings. The molecule has 0 radical (unpaired) electrons. The van der Waals surface area contributed by atoms with Gasteiger partial charge in [0.15, 0.2) is 0 Å². The molecule has 0 nitrogen and oxygen atoms in total. The van der Waals surface area contributed by atoms with E-state index >= 15 is 0 Å². The molecule has 0 aliphatic heterocycles. The first-order chi connectivity index (χ1) is 21.8. The molecule has 0 amide bonds. The van der Waals surface area contributed by atoms with Crippen molar-refractivity contribution in [2.75, 3.05) is 0 Å². The molecule has 6 rings (SSSR count). The maximum absolute atomic E-state index is 4.93. The van der Waals surface area contributed by atoms with E-state index < -0.39 is 20.8 Å². The molecule has 12 unspecified atom stereocenters. The number of hydrogen-bond acceptors (Lipinski definition) is 0. The second kappa shape index (κ2) is 18.2. The molecule has 0 N–H and O–H groups in total. The summed E-state index contributed by atoms with van der Waals surface area (Å²) in [6.45, 7) is 30.7. The minimum atomic E-state index is -0.826. The van der Waals surface area contributed by atoms with Gasteiger partial charge < -0.3 is 14.9 Å². The van der Waals surface area contributed by atoms with E-state index in [0.29, 0.717) is 21.7 Å². The van der Waals surface area contributed by atoms with Crippen LogP contribution in [0.25, 0.3) is 0 Å². The second-order valence-corrected chi connectivity index (χ2v) is 26.5. The van der Waals surface area contributed by atoms with Crippen molar-refractivity contribution >= 4 is 17.0 Å². The molecule has 6 aliphatic rings. The van der Waals surface area contributed by atoms with Crippen molar-refractivity contribution in [3.05, 3.63) is 14.9 Å². The number of halogens is 2. The molecule has 50 heavy (non-hydrogen) atoms. The Labute approximate surface area is 335 Å². The van der Waals surface area contributed by atoms with Gasteiger partial charge in [-0.25, -0.2) is 0 Å². The predicted octanol–water partition coefficient (Wildman–Crippen LogP) is 16.3. The van der Waals surface area contributed by atoms with Crippen molar-refractivity contribution in [2.45, 2.75) is 180 Å². The van der Waals surface area contributed by atoms with Crippen LogP contribution in [0, 0.1) is 119 Å². The molecule has 0 aromatic carbocycles. The SMILES string of the molecule is C.CC(C)(C)C1CCC2C3CCC(C(C)(C)C)CC3C(CCC3C4CC(C(C)(C)C)CCC4C4CCC(C(C)(C)C)CC43)C2C1.[CH3-].[CH3-].[Cl][Zr+2][Cl]. The normalized spacial score (nSPS) is 41.2. The molecule has 12 atom stereocenters. The van der Waals surface area contributed by atoms with Crippen molar-refractivity contribution in [1.82, 2.24) is 0 Å². The van der Waals surface area contributed by atoms with Crippen LogP contribution in [0.2, 0.25) is 0 Å². The van der Waals surface area contributed by atoms with Crippen molar-refractivity contribution < 1.29 is 20.8 Å². The summed E-state index contributed by atoms with van der Waals surface area (Å²) in [7, 11) is 9.87. The fourth-order valence-electron chi connectivity index (χ4n) is 14.0. The van der Waals surface area contributed by atoms with E-state index in [1.165, 1.54) is 25.7 Å². The number of fused-ring (bicyclic) bond motifs is 6. The molecule has 6 aliphatic carbocycles. The first-order valence-electron chi connectivity index (χ1n) is 20.7. The van der Waals surface area contributed by atoms with Gasteiger partial charge in [-0.1, -0.05) is 90.5 Å². The summed E-state index contributed by atoms with van der Waals surface area (Å²) in [5, 5.41) is 0. The molecule has 0 aromatic heterocycles. The van der Waals surface area contributed by atoms with Gasteiger partial charge in [0, 0.05) is 0 Å². The standard InChI is InChI=1S/C44H78.CH4.2CH3.2ClH.Zr/c1-41(2,3)27-13-17-31-32-18-14-28(42(4,5)6)24-38(32)35(37(31)23-27)21-22-36-39-25-29(43(7,8)9)15-19-33(39)34-20-16-30(26-40(34)36)44(10,11)12;;;;;;/h27-40H,13-26H2,1-12H3;1H4;2*1H3;2*1H;/q;;2*-1;;;+4/p-2. The first-order valence-corrected chi connectivity index (χ1v) is 27.0. The fourth-order valence-corrected chi connectivity index (χ4v) is 14.0. The monoisotopic (exact) mass is 813 g/mol. The van der Waals surface area contributed by atoms with Gasteiger partial charge in [0.1, 0.15) is 0 Å². The van der Waals surface area contributed by atoms with Crippen LogP contribution in [0.15, 0.2) is 0 Å². The zero-order valence-electron chi connectivity index (χ0n) is 35.2. The summed E-state index contributed by atoms with van der Waals surface area (Å²) in [4.78, 5) is 0. The van der Waals surface area contributed by atoms with Crippen molar-refractivity contribution in [2.24, 2.45) is 105 Å². The average Bonchev–Trinajstić information content (AvgIpc) is 3.45. The fraction of sp³-hybridized carbons (Fsp3) is 0.957. The Morgan fingerprint density at radius 1 is 0.380 bits per heavy atom.